The summed E-state index contributed by atoms with van der Waals surface area (Å²) in [6, 6.07) is 17.5. The van der Waals surface area contributed by atoms with Crippen molar-refractivity contribution in [3.05, 3.63) is 71.9 Å². The van der Waals surface area contributed by atoms with E-state index in [1.807, 2.05) is 54.6 Å². The van der Waals surface area contributed by atoms with Gasteiger partial charge < -0.3 is 10.1 Å². The molecule has 0 bridgehead atoms. The first-order valence-corrected chi connectivity index (χ1v) is 7.48. The predicted octanol–water partition coefficient (Wildman–Crippen LogP) is 3.10. The first kappa shape index (κ1) is 15.0. The van der Waals surface area contributed by atoms with E-state index in [4.69, 9.17) is 4.74 Å². The number of pyridine rings is 1. The topological polar surface area (TPSA) is 51.2 Å². The fraction of sp³-hybridized carbons (Fsp3) is 0.158. The molecule has 0 aliphatic heterocycles. The Morgan fingerprint density at radius 2 is 1.91 bits per heavy atom. The van der Waals surface area contributed by atoms with E-state index in [0.717, 1.165) is 27.8 Å². The van der Waals surface area contributed by atoms with Crippen LogP contribution in [0.2, 0.25) is 0 Å². The van der Waals surface area contributed by atoms with Crippen LogP contribution in [-0.2, 0) is 17.8 Å². The highest BCUT2D eigenvalue weighted by Crippen LogP contribution is 2.17. The normalized spacial score (nSPS) is 10.5. The SMILES string of the molecule is COc1ccccc1CC(=O)NCc1cnc2ccccc2c1. The maximum atomic E-state index is 12.1. The van der Waals surface area contributed by atoms with Crippen LogP contribution in [0.3, 0.4) is 0 Å². The number of rotatable bonds is 5. The van der Waals surface area contributed by atoms with Crippen LogP contribution >= 0.6 is 0 Å². The van der Waals surface area contributed by atoms with Crippen molar-refractivity contribution >= 4 is 16.8 Å². The van der Waals surface area contributed by atoms with E-state index < -0.39 is 0 Å². The molecule has 0 fully saturated rings. The van der Waals surface area contributed by atoms with Crippen molar-refractivity contribution < 1.29 is 9.53 Å². The fourth-order valence-electron chi connectivity index (χ4n) is 2.50. The van der Waals surface area contributed by atoms with Gasteiger partial charge in [0.2, 0.25) is 5.91 Å². The van der Waals surface area contributed by atoms with Gasteiger partial charge >= 0.3 is 0 Å². The lowest BCUT2D eigenvalue weighted by molar-refractivity contribution is -0.120. The van der Waals surface area contributed by atoms with Gasteiger partial charge in [0.15, 0.2) is 0 Å². The molecule has 0 atom stereocenters. The lowest BCUT2D eigenvalue weighted by Gasteiger charge is -2.09. The third kappa shape index (κ3) is 3.66. The maximum absolute atomic E-state index is 12.1. The number of ether oxygens (including phenoxy) is 1. The molecule has 0 aliphatic carbocycles. The van der Waals surface area contributed by atoms with Crippen LogP contribution in [-0.4, -0.2) is 18.0 Å². The number of nitrogens with one attached hydrogen (secondary N) is 1. The Morgan fingerprint density at radius 1 is 1.13 bits per heavy atom. The Bertz CT molecular complexity index is 830. The molecule has 2 aromatic carbocycles. The van der Waals surface area contributed by atoms with E-state index in [1.54, 1.807) is 13.3 Å². The minimum Gasteiger partial charge on any atom is -0.496 e. The van der Waals surface area contributed by atoms with Crippen LogP contribution in [0.1, 0.15) is 11.1 Å². The molecular weight excluding hydrogens is 288 g/mol. The number of para-hydroxylation sites is 2. The number of benzene rings is 2. The largest absolute Gasteiger partial charge is 0.496 e. The Morgan fingerprint density at radius 3 is 2.78 bits per heavy atom. The Hall–Kier alpha value is -2.88. The molecule has 1 amide bonds. The number of nitrogens with zero attached hydrogens (tertiary/aromatic N) is 1. The number of hydrogen-bond donors (Lipinski definition) is 1. The van der Waals surface area contributed by atoms with Gasteiger partial charge in [-0.1, -0.05) is 36.4 Å². The van der Waals surface area contributed by atoms with E-state index in [1.165, 1.54) is 0 Å². The molecular formula is C19H18N2O2. The van der Waals surface area contributed by atoms with E-state index in [0.29, 0.717) is 13.0 Å². The van der Waals surface area contributed by atoms with Gasteiger partial charge in [-0.25, -0.2) is 0 Å². The molecule has 116 valence electrons. The highest BCUT2D eigenvalue weighted by Gasteiger charge is 2.08. The summed E-state index contributed by atoms with van der Waals surface area (Å²) >= 11 is 0. The summed E-state index contributed by atoms with van der Waals surface area (Å²) in [4.78, 5) is 16.5. The molecule has 23 heavy (non-hydrogen) atoms. The molecule has 4 nitrogen and oxygen atoms in total. The molecule has 0 saturated heterocycles. The average molecular weight is 306 g/mol. The van der Waals surface area contributed by atoms with Crippen molar-refractivity contribution in [2.24, 2.45) is 0 Å². The number of methoxy groups -OCH3 is 1. The van der Waals surface area contributed by atoms with Crippen molar-refractivity contribution in [1.82, 2.24) is 10.3 Å². The summed E-state index contributed by atoms with van der Waals surface area (Å²) in [6.07, 6.45) is 2.09. The average Bonchev–Trinajstić information content (AvgIpc) is 2.60. The van der Waals surface area contributed by atoms with Gasteiger partial charge in [-0.3, -0.25) is 9.78 Å². The van der Waals surface area contributed by atoms with Crippen LogP contribution in [0.5, 0.6) is 5.75 Å². The first-order chi connectivity index (χ1) is 11.3. The first-order valence-electron chi connectivity index (χ1n) is 7.48. The number of fused-ring (bicyclic) bond motifs is 1. The van der Waals surface area contributed by atoms with Crippen LogP contribution < -0.4 is 10.1 Å². The molecule has 0 radical (unpaired) electrons. The molecule has 0 saturated carbocycles. The van der Waals surface area contributed by atoms with Gasteiger partial charge in [-0.2, -0.15) is 0 Å². The second-order valence-electron chi connectivity index (χ2n) is 5.30. The summed E-state index contributed by atoms with van der Waals surface area (Å²) in [5.41, 5.74) is 2.82. The Balaban J connectivity index is 1.63. The molecule has 4 heteroatoms. The van der Waals surface area contributed by atoms with Gasteiger partial charge in [-0.05, 0) is 23.8 Å². The third-order valence-corrected chi connectivity index (χ3v) is 3.68. The smallest absolute Gasteiger partial charge is 0.224 e. The van der Waals surface area contributed by atoms with Crippen molar-refractivity contribution in [2.75, 3.05) is 7.11 Å². The minimum atomic E-state index is -0.0392. The second-order valence-corrected chi connectivity index (χ2v) is 5.30. The number of amides is 1. The van der Waals surface area contributed by atoms with Gasteiger partial charge in [0.1, 0.15) is 5.75 Å². The second kappa shape index (κ2) is 6.92. The number of aromatic nitrogens is 1. The standard InChI is InChI=1S/C19H18N2O2/c1-23-18-9-5-3-7-16(18)11-19(22)21-13-14-10-15-6-2-4-8-17(15)20-12-14/h2-10,12H,11,13H2,1H3,(H,21,22). The highest BCUT2D eigenvalue weighted by molar-refractivity contribution is 5.80. The van der Waals surface area contributed by atoms with E-state index in [-0.39, 0.29) is 5.91 Å². The molecule has 0 aliphatic rings. The van der Waals surface area contributed by atoms with E-state index in [2.05, 4.69) is 10.3 Å². The molecule has 1 N–H and O–H groups in total. The zero-order valence-electron chi connectivity index (χ0n) is 13.0. The number of hydrogen-bond acceptors (Lipinski definition) is 3. The van der Waals surface area contributed by atoms with Gasteiger partial charge in [0, 0.05) is 23.7 Å². The van der Waals surface area contributed by atoms with Crippen molar-refractivity contribution in [3.8, 4) is 5.75 Å². The van der Waals surface area contributed by atoms with Crippen LogP contribution in [0.15, 0.2) is 60.8 Å². The van der Waals surface area contributed by atoms with E-state index in [9.17, 15) is 4.79 Å². The van der Waals surface area contributed by atoms with Crippen LogP contribution in [0.4, 0.5) is 0 Å². The van der Waals surface area contributed by atoms with E-state index >= 15 is 0 Å². The maximum Gasteiger partial charge on any atom is 0.224 e. The Kier molecular flexibility index (Phi) is 4.52. The highest BCUT2D eigenvalue weighted by atomic mass is 16.5. The zero-order valence-corrected chi connectivity index (χ0v) is 13.0. The van der Waals surface area contributed by atoms with Crippen LogP contribution in [0, 0.1) is 0 Å². The summed E-state index contributed by atoms with van der Waals surface area (Å²) in [5.74, 6) is 0.692. The minimum absolute atomic E-state index is 0.0392. The monoisotopic (exact) mass is 306 g/mol. The quantitative estimate of drug-likeness (QED) is 0.788. The van der Waals surface area contributed by atoms with Crippen molar-refractivity contribution in [3.63, 3.8) is 0 Å². The van der Waals surface area contributed by atoms with Crippen molar-refractivity contribution in [1.29, 1.82) is 0 Å². The number of carbonyl (C=O) groups is 1. The summed E-state index contributed by atoms with van der Waals surface area (Å²) in [7, 11) is 1.61. The molecule has 3 rings (SSSR count). The van der Waals surface area contributed by atoms with Gasteiger partial charge in [0.05, 0.1) is 19.0 Å². The molecule has 0 unspecified atom stereocenters. The summed E-state index contributed by atoms with van der Waals surface area (Å²) < 4.78 is 5.27. The molecule has 0 spiro atoms. The summed E-state index contributed by atoms with van der Waals surface area (Å²) in [6.45, 7) is 0.464. The predicted molar refractivity (Wildman–Crippen MR) is 90.3 cm³/mol. The Labute approximate surface area is 135 Å². The number of carbonyl (C=O) groups excluding carboxylic acids is 1. The van der Waals surface area contributed by atoms with Crippen molar-refractivity contribution in [2.45, 2.75) is 13.0 Å². The zero-order chi connectivity index (χ0) is 16.1. The molecule has 3 aromatic rings. The third-order valence-electron chi connectivity index (χ3n) is 3.68. The van der Waals surface area contributed by atoms with Gasteiger partial charge in [0.25, 0.3) is 0 Å². The molecule has 1 heterocycles. The lowest BCUT2D eigenvalue weighted by Crippen LogP contribution is -2.24. The lowest BCUT2D eigenvalue weighted by atomic mass is 10.1. The van der Waals surface area contributed by atoms with Gasteiger partial charge in [-0.15, -0.1) is 0 Å². The molecule has 1 aromatic heterocycles. The fourth-order valence-corrected chi connectivity index (χ4v) is 2.50. The summed E-state index contributed by atoms with van der Waals surface area (Å²) in [5, 5.41) is 4.00. The van der Waals surface area contributed by atoms with Crippen LogP contribution in [0.25, 0.3) is 10.9 Å².